The second-order valence-corrected chi connectivity index (χ2v) is 3.00. The predicted molar refractivity (Wildman–Crippen MR) is 53.8 cm³/mol. The number of ether oxygens (including phenoxy) is 2. The number of methoxy groups -OCH3 is 2. The Balaban J connectivity index is 3.38. The van der Waals surface area contributed by atoms with Crippen LogP contribution in [0.4, 0.5) is 4.39 Å². The van der Waals surface area contributed by atoms with E-state index in [2.05, 4.69) is 4.74 Å². The molecule has 0 amide bonds. The fourth-order valence-electron chi connectivity index (χ4n) is 1.25. The number of hydrogen-bond acceptors (Lipinski definition) is 3. The zero-order valence-corrected chi connectivity index (χ0v) is 9.10. The van der Waals surface area contributed by atoms with Crippen LogP contribution in [0.15, 0.2) is 12.1 Å². The summed E-state index contributed by atoms with van der Waals surface area (Å²) in [6.07, 6.45) is 0. The van der Waals surface area contributed by atoms with Crippen LogP contribution in [-0.2, 0) is 10.6 Å². The first-order chi connectivity index (χ1) is 7.15. The molecule has 3 nitrogen and oxygen atoms in total. The van der Waals surface area contributed by atoms with Crippen LogP contribution in [0.5, 0.6) is 5.75 Å². The van der Waals surface area contributed by atoms with Crippen molar-refractivity contribution in [2.45, 2.75) is 5.88 Å². The Bertz CT molecular complexity index is 379. The Hall–Kier alpha value is -1.29. The van der Waals surface area contributed by atoms with Crippen molar-refractivity contribution in [2.75, 3.05) is 14.2 Å². The lowest BCUT2D eigenvalue weighted by Gasteiger charge is -2.10. The molecule has 0 fully saturated rings. The van der Waals surface area contributed by atoms with Gasteiger partial charge >= 0.3 is 5.97 Å². The number of benzene rings is 1. The third-order valence-corrected chi connectivity index (χ3v) is 2.23. The Morgan fingerprint density at radius 2 is 2.13 bits per heavy atom. The summed E-state index contributed by atoms with van der Waals surface area (Å²) >= 11 is 5.63. The van der Waals surface area contributed by atoms with Crippen LogP contribution in [0, 0.1) is 5.82 Å². The first kappa shape index (κ1) is 11.8. The molecule has 0 N–H and O–H groups in total. The van der Waals surface area contributed by atoms with Gasteiger partial charge in [0.2, 0.25) is 0 Å². The van der Waals surface area contributed by atoms with Crippen molar-refractivity contribution < 1.29 is 18.7 Å². The van der Waals surface area contributed by atoms with Gasteiger partial charge in [0, 0.05) is 5.56 Å². The monoisotopic (exact) mass is 232 g/mol. The highest BCUT2D eigenvalue weighted by Crippen LogP contribution is 2.27. The first-order valence-electron chi connectivity index (χ1n) is 4.15. The molecule has 15 heavy (non-hydrogen) atoms. The summed E-state index contributed by atoms with van der Waals surface area (Å²) in [6.45, 7) is 0. The van der Waals surface area contributed by atoms with Gasteiger partial charge in [-0.1, -0.05) is 0 Å². The van der Waals surface area contributed by atoms with Gasteiger partial charge in [-0.15, -0.1) is 11.6 Å². The van der Waals surface area contributed by atoms with Crippen LogP contribution in [0.25, 0.3) is 0 Å². The van der Waals surface area contributed by atoms with Crippen LogP contribution >= 0.6 is 11.6 Å². The summed E-state index contributed by atoms with van der Waals surface area (Å²) in [5.74, 6) is -1.09. The Kier molecular flexibility index (Phi) is 3.91. The second kappa shape index (κ2) is 4.98. The fraction of sp³-hybridized carbons (Fsp3) is 0.300. The van der Waals surface area contributed by atoms with Gasteiger partial charge < -0.3 is 9.47 Å². The molecule has 1 aromatic carbocycles. The minimum atomic E-state index is -0.762. The molecule has 0 heterocycles. The minimum Gasteiger partial charge on any atom is -0.496 e. The smallest absolute Gasteiger partial charge is 0.341 e. The highest BCUT2D eigenvalue weighted by atomic mass is 35.5. The molecular formula is C10H10ClFO3. The SMILES string of the molecule is COC(=O)c1c(F)ccc(OC)c1CCl. The van der Waals surface area contributed by atoms with E-state index in [1.807, 2.05) is 0 Å². The van der Waals surface area contributed by atoms with Crippen LogP contribution in [0.2, 0.25) is 0 Å². The molecule has 82 valence electrons. The van der Waals surface area contributed by atoms with Crippen molar-refractivity contribution in [1.29, 1.82) is 0 Å². The molecule has 0 spiro atoms. The summed E-state index contributed by atoms with van der Waals surface area (Å²) < 4.78 is 22.8. The van der Waals surface area contributed by atoms with Crippen molar-refractivity contribution >= 4 is 17.6 Å². The molecule has 0 unspecified atom stereocenters. The maximum absolute atomic E-state index is 13.4. The van der Waals surface area contributed by atoms with Crippen molar-refractivity contribution in [3.63, 3.8) is 0 Å². The van der Waals surface area contributed by atoms with Gasteiger partial charge in [-0.05, 0) is 12.1 Å². The predicted octanol–water partition coefficient (Wildman–Crippen LogP) is 2.36. The molecule has 1 rings (SSSR count). The molecule has 1 aromatic rings. The maximum atomic E-state index is 13.4. The second-order valence-electron chi connectivity index (χ2n) is 2.73. The average molecular weight is 233 g/mol. The molecule has 0 atom stereocenters. The molecule has 0 aliphatic carbocycles. The zero-order chi connectivity index (χ0) is 11.4. The normalized spacial score (nSPS) is 9.87. The minimum absolute atomic E-state index is 0.0225. The highest BCUT2D eigenvalue weighted by molar-refractivity contribution is 6.18. The Labute approximate surface area is 91.7 Å². The van der Waals surface area contributed by atoms with Crippen molar-refractivity contribution in [2.24, 2.45) is 0 Å². The highest BCUT2D eigenvalue weighted by Gasteiger charge is 2.20. The number of rotatable bonds is 3. The summed E-state index contributed by atoms with van der Waals surface area (Å²) in [4.78, 5) is 11.3. The van der Waals surface area contributed by atoms with Crippen molar-refractivity contribution in [1.82, 2.24) is 0 Å². The number of alkyl halides is 1. The molecule has 0 aromatic heterocycles. The summed E-state index contributed by atoms with van der Waals surface area (Å²) in [5.41, 5.74) is 0.123. The summed E-state index contributed by atoms with van der Waals surface area (Å²) in [6, 6.07) is 2.56. The lowest BCUT2D eigenvalue weighted by molar-refractivity contribution is 0.0594. The van der Waals surface area contributed by atoms with Crippen LogP contribution in [0.3, 0.4) is 0 Å². The number of carbonyl (C=O) groups is 1. The van der Waals surface area contributed by atoms with Crippen LogP contribution in [-0.4, -0.2) is 20.2 Å². The topological polar surface area (TPSA) is 35.5 Å². The number of esters is 1. The van der Waals surface area contributed by atoms with Gasteiger partial charge in [0.25, 0.3) is 0 Å². The summed E-state index contributed by atoms with van der Waals surface area (Å²) in [5, 5.41) is 0. The Morgan fingerprint density at radius 1 is 1.47 bits per heavy atom. The van der Waals surface area contributed by atoms with Crippen molar-refractivity contribution in [3.05, 3.63) is 29.1 Å². The Morgan fingerprint density at radius 3 is 2.60 bits per heavy atom. The average Bonchev–Trinajstić information content (AvgIpc) is 2.27. The third-order valence-electron chi connectivity index (χ3n) is 1.96. The van der Waals surface area contributed by atoms with E-state index >= 15 is 0 Å². The van der Waals surface area contributed by atoms with E-state index in [0.29, 0.717) is 11.3 Å². The van der Waals surface area contributed by atoms with Gasteiger partial charge in [-0.25, -0.2) is 9.18 Å². The van der Waals surface area contributed by atoms with E-state index in [1.165, 1.54) is 20.3 Å². The van der Waals surface area contributed by atoms with Crippen LogP contribution in [0.1, 0.15) is 15.9 Å². The molecule has 0 saturated carbocycles. The van der Waals surface area contributed by atoms with Crippen molar-refractivity contribution in [3.8, 4) is 5.75 Å². The third kappa shape index (κ3) is 2.21. The molecule has 0 aliphatic heterocycles. The van der Waals surface area contributed by atoms with E-state index in [-0.39, 0.29) is 11.4 Å². The number of halogens is 2. The molecule has 5 heteroatoms. The van der Waals surface area contributed by atoms with E-state index in [1.54, 1.807) is 0 Å². The molecular weight excluding hydrogens is 223 g/mol. The van der Waals surface area contributed by atoms with Gasteiger partial charge in [-0.2, -0.15) is 0 Å². The van der Waals surface area contributed by atoms with E-state index in [4.69, 9.17) is 16.3 Å². The standard InChI is InChI=1S/C10H10ClFO3/c1-14-8-4-3-7(12)9(6(8)5-11)10(13)15-2/h3-4H,5H2,1-2H3. The summed E-state index contributed by atoms with van der Waals surface area (Å²) in [7, 11) is 2.60. The lowest BCUT2D eigenvalue weighted by atomic mass is 10.1. The van der Waals surface area contributed by atoms with E-state index in [0.717, 1.165) is 6.07 Å². The fourth-order valence-corrected chi connectivity index (χ4v) is 1.51. The number of carbonyl (C=O) groups excluding carboxylic acids is 1. The molecule has 0 saturated heterocycles. The van der Waals surface area contributed by atoms with Gasteiger partial charge in [0.05, 0.1) is 20.1 Å². The number of hydrogen-bond donors (Lipinski definition) is 0. The van der Waals surface area contributed by atoms with Gasteiger partial charge in [-0.3, -0.25) is 0 Å². The van der Waals surface area contributed by atoms with Gasteiger partial charge in [0.15, 0.2) is 0 Å². The van der Waals surface area contributed by atoms with E-state index < -0.39 is 11.8 Å². The molecule has 0 bridgehead atoms. The maximum Gasteiger partial charge on any atom is 0.341 e. The molecule has 0 aliphatic rings. The zero-order valence-electron chi connectivity index (χ0n) is 8.34. The van der Waals surface area contributed by atoms with Crippen LogP contribution < -0.4 is 4.74 Å². The van der Waals surface area contributed by atoms with E-state index in [9.17, 15) is 9.18 Å². The molecule has 0 radical (unpaired) electrons. The first-order valence-corrected chi connectivity index (χ1v) is 4.68. The quantitative estimate of drug-likeness (QED) is 0.593. The van der Waals surface area contributed by atoms with Gasteiger partial charge in [0.1, 0.15) is 17.1 Å². The largest absolute Gasteiger partial charge is 0.496 e. The lowest BCUT2D eigenvalue weighted by Crippen LogP contribution is -2.09.